The molecule has 0 radical (unpaired) electrons. The topological polar surface area (TPSA) is 27.7 Å². The Bertz CT molecular complexity index is 257. The van der Waals surface area contributed by atoms with Crippen LogP contribution >= 0.6 is 0 Å². The number of hydrogen-bond acceptors (Lipinski definition) is 3. The van der Waals surface area contributed by atoms with Gasteiger partial charge in [-0.1, -0.05) is 13.8 Å². The molecule has 0 saturated carbocycles. The Hall–Kier alpha value is -0.0551. The highest BCUT2D eigenvalue weighted by Crippen LogP contribution is 2.44. The van der Waals surface area contributed by atoms with Crippen LogP contribution in [0.4, 0.5) is 0 Å². The summed E-state index contributed by atoms with van der Waals surface area (Å²) in [7, 11) is 2.09. The van der Waals surface area contributed by atoms with E-state index in [-0.39, 0.29) is 29.9 Å². The SMILES string of the molecule is B[C@@H]1O[C@]2(CC(C)C)CO[C@@H]1C2OC(C)C. The summed E-state index contributed by atoms with van der Waals surface area (Å²) in [5.41, 5.74) is -0.192. The zero-order valence-corrected chi connectivity index (χ0v) is 11.0. The van der Waals surface area contributed by atoms with E-state index in [4.69, 9.17) is 14.2 Å². The van der Waals surface area contributed by atoms with Crippen molar-refractivity contribution in [3.8, 4) is 0 Å². The normalized spacial score (nSPS) is 42.5. The number of ether oxygens (including phenoxy) is 3. The van der Waals surface area contributed by atoms with Gasteiger partial charge in [-0.3, -0.25) is 0 Å². The molecule has 2 aliphatic heterocycles. The smallest absolute Gasteiger partial charge is 0.142 e. The fourth-order valence-corrected chi connectivity index (χ4v) is 3.04. The van der Waals surface area contributed by atoms with Gasteiger partial charge in [0.1, 0.15) is 25.7 Å². The maximum Gasteiger partial charge on any atom is 0.142 e. The van der Waals surface area contributed by atoms with Crippen LogP contribution in [0.5, 0.6) is 0 Å². The highest BCUT2D eigenvalue weighted by molar-refractivity contribution is 6.11. The first-order valence-corrected chi connectivity index (χ1v) is 6.39. The molecule has 4 atom stereocenters. The summed E-state index contributed by atoms with van der Waals surface area (Å²) in [5.74, 6) is 0.603. The van der Waals surface area contributed by atoms with Gasteiger partial charge in [0.2, 0.25) is 0 Å². The van der Waals surface area contributed by atoms with Gasteiger partial charge in [0, 0.05) is 0 Å². The molecule has 2 saturated heterocycles. The van der Waals surface area contributed by atoms with E-state index in [1.54, 1.807) is 0 Å². The lowest BCUT2D eigenvalue weighted by Gasteiger charge is -2.32. The van der Waals surface area contributed by atoms with E-state index < -0.39 is 0 Å². The summed E-state index contributed by atoms with van der Waals surface area (Å²) in [6.07, 6.45) is 1.49. The average Bonchev–Trinajstić information content (AvgIpc) is 2.54. The predicted octanol–water partition coefficient (Wildman–Crippen LogP) is 0.953. The van der Waals surface area contributed by atoms with Crippen LogP contribution in [0.2, 0.25) is 0 Å². The molecule has 0 amide bonds. The Morgan fingerprint density at radius 3 is 2.56 bits per heavy atom. The van der Waals surface area contributed by atoms with E-state index in [0.717, 1.165) is 6.42 Å². The van der Waals surface area contributed by atoms with Crippen LogP contribution in [-0.4, -0.2) is 44.4 Å². The van der Waals surface area contributed by atoms with Crippen molar-refractivity contribution in [3.05, 3.63) is 0 Å². The van der Waals surface area contributed by atoms with Gasteiger partial charge in [-0.25, -0.2) is 0 Å². The van der Waals surface area contributed by atoms with Crippen LogP contribution in [0.3, 0.4) is 0 Å². The van der Waals surface area contributed by atoms with E-state index >= 15 is 0 Å². The third-order valence-corrected chi connectivity index (χ3v) is 3.39. The highest BCUT2D eigenvalue weighted by Gasteiger charge is 2.60. The second-order valence-corrected chi connectivity index (χ2v) is 5.87. The number of fused-ring (bicyclic) bond motifs is 2. The monoisotopic (exact) mass is 226 g/mol. The lowest BCUT2D eigenvalue weighted by molar-refractivity contribution is -0.132. The van der Waals surface area contributed by atoms with Crippen molar-refractivity contribution in [1.82, 2.24) is 0 Å². The van der Waals surface area contributed by atoms with E-state index in [1.807, 2.05) is 0 Å². The molecule has 2 fully saturated rings. The van der Waals surface area contributed by atoms with E-state index in [1.165, 1.54) is 0 Å². The third-order valence-electron chi connectivity index (χ3n) is 3.39. The minimum atomic E-state index is -0.192. The van der Waals surface area contributed by atoms with Gasteiger partial charge in [-0.2, -0.15) is 0 Å². The molecule has 1 unspecified atom stereocenters. The van der Waals surface area contributed by atoms with E-state index in [9.17, 15) is 0 Å². The van der Waals surface area contributed by atoms with E-state index in [2.05, 4.69) is 35.5 Å². The molecule has 2 aliphatic rings. The molecule has 92 valence electrons. The first-order valence-electron chi connectivity index (χ1n) is 6.39. The van der Waals surface area contributed by atoms with Gasteiger partial charge in [-0.05, 0) is 26.2 Å². The minimum absolute atomic E-state index is 0.116. The fourth-order valence-electron chi connectivity index (χ4n) is 3.04. The van der Waals surface area contributed by atoms with Crippen LogP contribution in [0.1, 0.15) is 34.1 Å². The van der Waals surface area contributed by atoms with Crippen molar-refractivity contribution in [2.75, 3.05) is 6.61 Å². The lowest BCUT2D eigenvalue weighted by Crippen LogP contribution is -2.44. The Morgan fingerprint density at radius 2 is 2.06 bits per heavy atom. The predicted molar refractivity (Wildman–Crippen MR) is 65.4 cm³/mol. The van der Waals surface area contributed by atoms with Crippen LogP contribution in [-0.2, 0) is 14.2 Å². The van der Waals surface area contributed by atoms with Crippen molar-refractivity contribution < 1.29 is 14.2 Å². The standard InChI is InChI=1S/C12H23BO3/c1-7(2)5-12-6-14-9(11(13)16-12)10(12)15-8(3)4/h7-11H,5-6,13H2,1-4H3/t9-,10?,11-,12-/m1/s1. The van der Waals surface area contributed by atoms with Crippen molar-refractivity contribution in [2.45, 2.75) is 64.0 Å². The van der Waals surface area contributed by atoms with Crippen LogP contribution < -0.4 is 0 Å². The van der Waals surface area contributed by atoms with Crippen LogP contribution in [0, 0.1) is 5.92 Å². The van der Waals surface area contributed by atoms with Crippen molar-refractivity contribution in [1.29, 1.82) is 0 Å². The van der Waals surface area contributed by atoms with Crippen molar-refractivity contribution in [2.24, 2.45) is 5.92 Å². The first-order chi connectivity index (χ1) is 7.44. The van der Waals surface area contributed by atoms with Crippen molar-refractivity contribution in [3.63, 3.8) is 0 Å². The Kier molecular flexibility index (Phi) is 3.35. The number of hydrogen-bond donors (Lipinski definition) is 0. The molecule has 2 rings (SSSR count). The minimum Gasteiger partial charge on any atom is -0.373 e. The fraction of sp³-hybridized carbons (Fsp3) is 1.00. The molecule has 16 heavy (non-hydrogen) atoms. The first kappa shape index (κ1) is 12.4. The van der Waals surface area contributed by atoms with Crippen LogP contribution in [0.25, 0.3) is 0 Å². The maximum absolute atomic E-state index is 6.12. The van der Waals surface area contributed by atoms with Crippen LogP contribution in [0.15, 0.2) is 0 Å². The molecule has 4 heteroatoms. The zero-order chi connectivity index (χ0) is 11.9. The second-order valence-electron chi connectivity index (χ2n) is 5.87. The molecule has 3 nitrogen and oxygen atoms in total. The average molecular weight is 226 g/mol. The Balaban J connectivity index is 2.14. The van der Waals surface area contributed by atoms with Crippen molar-refractivity contribution >= 4 is 7.85 Å². The number of rotatable bonds is 4. The van der Waals surface area contributed by atoms with Gasteiger partial charge < -0.3 is 14.2 Å². The second kappa shape index (κ2) is 4.32. The largest absolute Gasteiger partial charge is 0.373 e. The Labute approximate surface area is 99.2 Å². The van der Waals surface area contributed by atoms with Gasteiger partial charge in [0.05, 0.1) is 18.7 Å². The summed E-state index contributed by atoms with van der Waals surface area (Å²) in [6.45, 7) is 9.29. The molecule has 2 heterocycles. The molecule has 0 N–H and O–H groups in total. The molecule has 2 bridgehead atoms. The molecule has 0 aromatic heterocycles. The third kappa shape index (κ3) is 2.03. The summed E-state index contributed by atoms with van der Waals surface area (Å²) < 4.78 is 18.0. The lowest BCUT2D eigenvalue weighted by atomic mass is 9.87. The summed E-state index contributed by atoms with van der Waals surface area (Å²) in [6, 6.07) is 0.163. The summed E-state index contributed by atoms with van der Waals surface area (Å²) in [4.78, 5) is 0. The van der Waals surface area contributed by atoms with Gasteiger partial charge in [0.25, 0.3) is 0 Å². The molecule has 0 spiro atoms. The quantitative estimate of drug-likeness (QED) is 0.668. The molecule has 0 aromatic carbocycles. The highest BCUT2D eigenvalue weighted by atomic mass is 16.7. The maximum atomic E-state index is 6.12. The van der Waals surface area contributed by atoms with Gasteiger partial charge in [-0.15, -0.1) is 0 Å². The van der Waals surface area contributed by atoms with Gasteiger partial charge >= 0.3 is 0 Å². The molecule has 0 aromatic rings. The zero-order valence-electron chi connectivity index (χ0n) is 11.0. The van der Waals surface area contributed by atoms with Gasteiger partial charge in [0.15, 0.2) is 0 Å². The summed E-state index contributed by atoms with van der Waals surface area (Å²) >= 11 is 0. The Morgan fingerprint density at radius 1 is 1.38 bits per heavy atom. The molecular weight excluding hydrogens is 203 g/mol. The molecular formula is C12H23BO3. The molecule has 0 aliphatic carbocycles. The summed E-state index contributed by atoms with van der Waals surface area (Å²) in [5, 5.41) is 0. The van der Waals surface area contributed by atoms with E-state index in [0.29, 0.717) is 12.5 Å².